The van der Waals surface area contributed by atoms with Gasteiger partial charge < -0.3 is 15.0 Å². The fourth-order valence-electron chi connectivity index (χ4n) is 1.28. The lowest BCUT2D eigenvalue weighted by Crippen LogP contribution is -2.34. The Morgan fingerprint density at radius 1 is 1.53 bits per heavy atom. The smallest absolute Gasteiger partial charge is 0.321 e. The summed E-state index contributed by atoms with van der Waals surface area (Å²) >= 11 is 5.98. The lowest BCUT2D eigenvalue weighted by atomic mass is 10.2. The minimum atomic E-state index is -0.174. The number of hydrogen-bond acceptors (Lipinski definition) is 2. The number of ether oxygens (including phenoxy) is 1. The molecule has 0 heterocycles. The molecule has 1 aromatic carbocycles. The zero-order valence-corrected chi connectivity index (χ0v) is 11.0. The number of nitrogens with one attached hydrogen (secondary N) is 1. The van der Waals surface area contributed by atoms with Gasteiger partial charge in [-0.1, -0.05) is 17.7 Å². The van der Waals surface area contributed by atoms with Gasteiger partial charge in [-0.2, -0.15) is 0 Å². The molecular weight excluding hydrogens is 240 g/mol. The van der Waals surface area contributed by atoms with E-state index in [4.69, 9.17) is 16.3 Å². The third-order valence-electron chi connectivity index (χ3n) is 2.49. The normalized spacial score (nSPS) is 10.1. The molecule has 0 aliphatic rings. The van der Waals surface area contributed by atoms with Crippen molar-refractivity contribution >= 4 is 23.3 Å². The Morgan fingerprint density at radius 2 is 2.24 bits per heavy atom. The van der Waals surface area contributed by atoms with Crippen molar-refractivity contribution in [3.05, 3.63) is 28.8 Å². The Balaban J connectivity index is 2.64. The number of halogens is 1. The first-order chi connectivity index (χ1) is 8.06. The SMILES string of the molecule is COCCN(C)C(=O)Nc1cccc(Cl)c1C. The number of nitrogens with zero attached hydrogens (tertiary/aromatic N) is 1. The van der Waals surface area contributed by atoms with E-state index in [9.17, 15) is 4.79 Å². The molecule has 17 heavy (non-hydrogen) atoms. The summed E-state index contributed by atoms with van der Waals surface area (Å²) in [6.45, 7) is 2.92. The van der Waals surface area contributed by atoms with Gasteiger partial charge in [-0.15, -0.1) is 0 Å². The van der Waals surface area contributed by atoms with Gasteiger partial charge in [-0.3, -0.25) is 0 Å². The molecule has 0 aliphatic carbocycles. The average Bonchev–Trinajstić information content (AvgIpc) is 2.31. The van der Waals surface area contributed by atoms with E-state index in [0.717, 1.165) is 11.3 Å². The lowest BCUT2D eigenvalue weighted by Gasteiger charge is -2.18. The average molecular weight is 257 g/mol. The maximum Gasteiger partial charge on any atom is 0.321 e. The minimum Gasteiger partial charge on any atom is -0.383 e. The number of urea groups is 1. The maximum atomic E-state index is 11.8. The van der Waals surface area contributed by atoms with E-state index in [1.54, 1.807) is 31.2 Å². The molecule has 94 valence electrons. The molecule has 4 nitrogen and oxygen atoms in total. The van der Waals surface area contributed by atoms with Crippen LogP contribution in [0.5, 0.6) is 0 Å². The minimum absolute atomic E-state index is 0.174. The molecule has 2 amide bonds. The molecule has 0 aromatic heterocycles. The van der Waals surface area contributed by atoms with E-state index in [0.29, 0.717) is 18.2 Å². The van der Waals surface area contributed by atoms with Crippen LogP contribution in [0, 0.1) is 6.92 Å². The molecule has 0 radical (unpaired) electrons. The Bertz CT molecular complexity index is 396. The van der Waals surface area contributed by atoms with Crippen molar-refractivity contribution < 1.29 is 9.53 Å². The number of anilines is 1. The third-order valence-corrected chi connectivity index (χ3v) is 2.90. The number of rotatable bonds is 4. The Hall–Kier alpha value is -1.26. The molecule has 1 rings (SSSR count). The number of hydrogen-bond donors (Lipinski definition) is 1. The first-order valence-corrected chi connectivity index (χ1v) is 5.70. The van der Waals surface area contributed by atoms with E-state index in [2.05, 4.69) is 5.32 Å². The molecular formula is C12H17ClN2O2. The predicted molar refractivity (Wildman–Crippen MR) is 69.7 cm³/mol. The van der Waals surface area contributed by atoms with Crippen LogP contribution >= 0.6 is 11.6 Å². The van der Waals surface area contributed by atoms with E-state index in [1.807, 2.05) is 13.0 Å². The van der Waals surface area contributed by atoms with Gasteiger partial charge in [-0.25, -0.2) is 4.79 Å². The maximum absolute atomic E-state index is 11.8. The van der Waals surface area contributed by atoms with Gasteiger partial charge in [0.05, 0.1) is 6.61 Å². The van der Waals surface area contributed by atoms with Crippen LogP contribution in [0.3, 0.4) is 0 Å². The van der Waals surface area contributed by atoms with E-state index < -0.39 is 0 Å². The lowest BCUT2D eigenvalue weighted by molar-refractivity contribution is 0.165. The summed E-state index contributed by atoms with van der Waals surface area (Å²) < 4.78 is 4.91. The number of amides is 2. The quantitative estimate of drug-likeness (QED) is 0.900. The Labute approximate surface area is 107 Å². The second-order valence-electron chi connectivity index (χ2n) is 3.76. The van der Waals surface area contributed by atoms with Crippen LogP contribution in [0.15, 0.2) is 18.2 Å². The summed E-state index contributed by atoms with van der Waals surface area (Å²) in [6.07, 6.45) is 0. The van der Waals surface area contributed by atoms with Crippen LogP contribution in [0.1, 0.15) is 5.56 Å². The van der Waals surface area contributed by atoms with Crippen LogP contribution in [-0.2, 0) is 4.74 Å². The standard InChI is InChI=1S/C12H17ClN2O2/c1-9-10(13)5-4-6-11(9)14-12(16)15(2)7-8-17-3/h4-6H,7-8H2,1-3H3,(H,14,16). The first kappa shape index (κ1) is 13.8. The molecule has 0 bridgehead atoms. The molecule has 0 unspecified atom stereocenters. The van der Waals surface area contributed by atoms with Crippen LogP contribution in [0.4, 0.5) is 10.5 Å². The highest BCUT2D eigenvalue weighted by atomic mass is 35.5. The Kier molecular flexibility index (Phi) is 5.25. The fourth-order valence-corrected chi connectivity index (χ4v) is 1.46. The van der Waals surface area contributed by atoms with Crippen molar-refractivity contribution in [1.82, 2.24) is 4.90 Å². The van der Waals surface area contributed by atoms with Gasteiger partial charge in [-0.05, 0) is 24.6 Å². The molecule has 0 atom stereocenters. The van der Waals surface area contributed by atoms with E-state index in [-0.39, 0.29) is 6.03 Å². The van der Waals surface area contributed by atoms with Crippen molar-refractivity contribution in [3.8, 4) is 0 Å². The number of benzene rings is 1. The highest BCUT2D eigenvalue weighted by Gasteiger charge is 2.10. The monoisotopic (exact) mass is 256 g/mol. The topological polar surface area (TPSA) is 41.6 Å². The summed E-state index contributed by atoms with van der Waals surface area (Å²) in [6, 6.07) is 5.25. The highest BCUT2D eigenvalue weighted by Crippen LogP contribution is 2.22. The van der Waals surface area contributed by atoms with Crippen molar-refractivity contribution in [2.45, 2.75) is 6.92 Å². The summed E-state index contributed by atoms with van der Waals surface area (Å²) in [4.78, 5) is 13.4. The van der Waals surface area contributed by atoms with Gasteiger partial charge in [0.15, 0.2) is 0 Å². The second-order valence-corrected chi connectivity index (χ2v) is 4.16. The number of methoxy groups -OCH3 is 1. The van der Waals surface area contributed by atoms with Crippen molar-refractivity contribution in [1.29, 1.82) is 0 Å². The van der Waals surface area contributed by atoms with Crippen LogP contribution in [-0.4, -0.2) is 38.2 Å². The van der Waals surface area contributed by atoms with E-state index >= 15 is 0 Å². The number of likely N-dealkylation sites (N-methyl/N-ethyl adjacent to an activating group) is 1. The summed E-state index contributed by atoms with van der Waals surface area (Å²) in [7, 11) is 3.32. The molecule has 0 saturated carbocycles. The zero-order chi connectivity index (χ0) is 12.8. The largest absolute Gasteiger partial charge is 0.383 e. The second kappa shape index (κ2) is 6.47. The van der Waals surface area contributed by atoms with Crippen LogP contribution in [0.25, 0.3) is 0 Å². The number of carbonyl (C=O) groups is 1. The van der Waals surface area contributed by atoms with Gasteiger partial charge in [0, 0.05) is 31.4 Å². The predicted octanol–water partition coefficient (Wildman–Crippen LogP) is 2.76. The van der Waals surface area contributed by atoms with Crippen LogP contribution in [0.2, 0.25) is 5.02 Å². The molecule has 1 N–H and O–H groups in total. The van der Waals surface area contributed by atoms with Crippen molar-refractivity contribution in [2.24, 2.45) is 0 Å². The van der Waals surface area contributed by atoms with Gasteiger partial charge in [0.1, 0.15) is 0 Å². The number of carbonyl (C=O) groups excluding carboxylic acids is 1. The van der Waals surface area contributed by atoms with Gasteiger partial charge in [0.25, 0.3) is 0 Å². The van der Waals surface area contributed by atoms with Crippen LogP contribution < -0.4 is 5.32 Å². The van der Waals surface area contributed by atoms with Crippen molar-refractivity contribution in [2.75, 3.05) is 32.6 Å². The molecule has 0 aliphatic heterocycles. The highest BCUT2D eigenvalue weighted by molar-refractivity contribution is 6.31. The summed E-state index contributed by atoms with van der Waals surface area (Å²) in [5, 5.41) is 3.45. The third kappa shape index (κ3) is 3.91. The first-order valence-electron chi connectivity index (χ1n) is 5.32. The van der Waals surface area contributed by atoms with Crippen molar-refractivity contribution in [3.63, 3.8) is 0 Å². The molecule has 0 saturated heterocycles. The fraction of sp³-hybridized carbons (Fsp3) is 0.417. The molecule has 0 spiro atoms. The van der Waals surface area contributed by atoms with E-state index in [1.165, 1.54) is 0 Å². The molecule has 1 aromatic rings. The van der Waals surface area contributed by atoms with Gasteiger partial charge in [0.2, 0.25) is 0 Å². The zero-order valence-electron chi connectivity index (χ0n) is 10.3. The summed E-state index contributed by atoms with van der Waals surface area (Å²) in [5.41, 5.74) is 1.59. The van der Waals surface area contributed by atoms with Gasteiger partial charge >= 0.3 is 6.03 Å². The summed E-state index contributed by atoms with van der Waals surface area (Å²) in [5.74, 6) is 0. The Morgan fingerprint density at radius 3 is 2.88 bits per heavy atom. The molecule has 0 fully saturated rings. The molecule has 5 heteroatoms.